The van der Waals surface area contributed by atoms with Gasteiger partial charge >= 0.3 is 0 Å². The molecule has 1 aliphatic rings. The SMILES string of the molecule is Brc1cncc(-c2nc(C3CCCNC3)no2)c1. The summed E-state index contributed by atoms with van der Waals surface area (Å²) in [7, 11) is 0. The van der Waals surface area contributed by atoms with Crippen LogP contribution in [-0.4, -0.2) is 28.2 Å². The van der Waals surface area contributed by atoms with Crippen molar-refractivity contribution in [1.29, 1.82) is 0 Å². The number of hydrogen-bond donors (Lipinski definition) is 1. The molecule has 1 unspecified atom stereocenters. The van der Waals surface area contributed by atoms with Crippen LogP contribution in [0.2, 0.25) is 0 Å². The molecule has 0 bridgehead atoms. The summed E-state index contributed by atoms with van der Waals surface area (Å²) in [6.07, 6.45) is 5.72. The van der Waals surface area contributed by atoms with Crippen molar-refractivity contribution in [3.8, 4) is 11.5 Å². The van der Waals surface area contributed by atoms with Crippen molar-refractivity contribution < 1.29 is 4.52 Å². The zero-order chi connectivity index (χ0) is 12.4. The van der Waals surface area contributed by atoms with Gasteiger partial charge in [0.2, 0.25) is 0 Å². The topological polar surface area (TPSA) is 63.8 Å². The van der Waals surface area contributed by atoms with Crippen LogP contribution in [-0.2, 0) is 0 Å². The Morgan fingerprint density at radius 1 is 1.39 bits per heavy atom. The van der Waals surface area contributed by atoms with Gasteiger partial charge in [-0.25, -0.2) is 0 Å². The first-order valence-corrected chi connectivity index (χ1v) is 6.77. The van der Waals surface area contributed by atoms with Crippen LogP contribution in [0.25, 0.3) is 11.5 Å². The van der Waals surface area contributed by atoms with Crippen molar-refractivity contribution in [2.45, 2.75) is 18.8 Å². The summed E-state index contributed by atoms with van der Waals surface area (Å²) in [5, 5.41) is 7.43. The van der Waals surface area contributed by atoms with Crippen molar-refractivity contribution >= 4 is 15.9 Å². The third-order valence-electron chi connectivity index (χ3n) is 3.06. The highest BCUT2D eigenvalue weighted by Crippen LogP contribution is 2.25. The number of hydrogen-bond acceptors (Lipinski definition) is 5. The Morgan fingerprint density at radius 3 is 3.11 bits per heavy atom. The van der Waals surface area contributed by atoms with Gasteiger partial charge in [-0.15, -0.1) is 0 Å². The van der Waals surface area contributed by atoms with Gasteiger partial charge in [-0.05, 0) is 41.4 Å². The Morgan fingerprint density at radius 2 is 2.33 bits per heavy atom. The van der Waals surface area contributed by atoms with Crippen LogP contribution in [0.3, 0.4) is 0 Å². The van der Waals surface area contributed by atoms with E-state index in [1.54, 1.807) is 12.4 Å². The number of nitrogens with zero attached hydrogens (tertiary/aromatic N) is 3. The minimum Gasteiger partial charge on any atom is -0.334 e. The maximum Gasteiger partial charge on any atom is 0.259 e. The summed E-state index contributed by atoms with van der Waals surface area (Å²) < 4.78 is 6.21. The molecule has 0 radical (unpaired) electrons. The highest BCUT2D eigenvalue weighted by atomic mass is 79.9. The molecule has 0 spiro atoms. The molecule has 1 N–H and O–H groups in total. The van der Waals surface area contributed by atoms with Crippen LogP contribution >= 0.6 is 15.9 Å². The molecule has 1 atom stereocenters. The van der Waals surface area contributed by atoms with Gasteiger partial charge in [-0.3, -0.25) is 4.98 Å². The van der Waals surface area contributed by atoms with Crippen LogP contribution in [0, 0.1) is 0 Å². The fourth-order valence-electron chi connectivity index (χ4n) is 2.12. The molecular formula is C12H13BrN4O. The Hall–Kier alpha value is -1.27. The second kappa shape index (κ2) is 5.16. The molecule has 1 aliphatic heterocycles. The molecule has 1 saturated heterocycles. The predicted octanol–water partition coefficient (Wildman–Crippen LogP) is 2.36. The Labute approximate surface area is 113 Å². The normalized spacial score (nSPS) is 19.9. The first kappa shape index (κ1) is 11.8. The lowest BCUT2D eigenvalue weighted by Crippen LogP contribution is -2.28. The molecule has 0 aliphatic carbocycles. The first-order valence-electron chi connectivity index (χ1n) is 5.98. The van der Waals surface area contributed by atoms with Gasteiger partial charge < -0.3 is 9.84 Å². The lowest BCUT2D eigenvalue weighted by atomic mass is 9.99. The van der Waals surface area contributed by atoms with Crippen molar-refractivity contribution in [1.82, 2.24) is 20.4 Å². The van der Waals surface area contributed by atoms with Gasteiger partial charge in [-0.2, -0.15) is 4.98 Å². The van der Waals surface area contributed by atoms with Crippen LogP contribution in [0.15, 0.2) is 27.5 Å². The number of pyridine rings is 1. The smallest absolute Gasteiger partial charge is 0.259 e. The standard InChI is InChI=1S/C12H13BrN4O/c13-10-4-9(6-15-7-10)12-16-11(17-18-12)8-2-1-3-14-5-8/h4,6-8,14H,1-3,5H2. The summed E-state index contributed by atoms with van der Waals surface area (Å²) >= 11 is 3.38. The number of halogens is 1. The lowest BCUT2D eigenvalue weighted by Gasteiger charge is -2.19. The average molecular weight is 309 g/mol. The van der Waals surface area contributed by atoms with Crippen molar-refractivity contribution in [2.24, 2.45) is 0 Å². The van der Waals surface area contributed by atoms with Gasteiger partial charge in [0, 0.05) is 29.3 Å². The molecule has 2 aromatic rings. The van der Waals surface area contributed by atoms with Crippen LogP contribution < -0.4 is 5.32 Å². The molecule has 3 rings (SSSR count). The minimum atomic E-state index is 0.358. The largest absolute Gasteiger partial charge is 0.334 e. The van der Waals surface area contributed by atoms with Crippen molar-refractivity contribution in [3.05, 3.63) is 28.8 Å². The molecule has 94 valence electrons. The summed E-state index contributed by atoms with van der Waals surface area (Å²) in [5.74, 6) is 1.68. The van der Waals surface area contributed by atoms with Gasteiger partial charge in [0.05, 0.1) is 5.56 Å². The fraction of sp³-hybridized carbons (Fsp3) is 0.417. The van der Waals surface area contributed by atoms with E-state index in [2.05, 4.69) is 36.4 Å². The third-order valence-corrected chi connectivity index (χ3v) is 3.49. The fourth-order valence-corrected chi connectivity index (χ4v) is 2.48. The number of piperidine rings is 1. The maximum atomic E-state index is 5.31. The van der Waals surface area contributed by atoms with E-state index < -0.39 is 0 Å². The van der Waals surface area contributed by atoms with E-state index in [4.69, 9.17) is 4.52 Å². The average Bonchev–Trinajstić information content (AvgIpc) is 2.89. The molecule has 0 aromatic carbocycles. The monoisotopic (exact) mass is 308 g/mol. The maximum absolute atomic E-state index is 5.31. The van der Waals surface area contributed by atoms with E-state index in [9.17, 15) is 0 Å². The third kappa shape index (κ3) is 2.44. The van der Waals surface area contributed by atoms with Crippen LogP contribution in [0.5, 0.6) is 0 Å². The molecule has 5 nitrogen and oxygen atoms in total. The molecule has 1 fully saturated rings. The Kier molecular flexibility index (Phi) is 3.38. The molecule has 0 amide bonds. The molecule has 0 saturated carbocycles. The van der Waals surface area contributed by atoms with E-state index in [1.807, 2.05) is 6.07 Å². The highest BCUT2D eigenvalue weighted by molar-refractivity contribution is 9.10. The summed E-state index contributed by atoms with van der Waals surface area (Å²) in [5.41, 5.74) is 0.840. The summed E-state index contributed by atoms with van der Waals surface area (Å²) in [6, 6.07) is 1.92. The number of nitrogens with one attached hydrogen (secondary N) is 1. The Bertz CT molecular complexity index is 536. The minimum absolute atomic E-state index is 0.358. The first-order chi connectivity index (χ1) is 8.83. The molecule has 3 heterocycles. The molecule has 2 aromatic heterocycles. The van der Waals surface area contributed by atoms with E-state index in [1.165, 1.54) is 0 Å². The summed E-state index contributed by atoms with van der Waals surface area (Å²) in [6.45, 7) is 2.01. The lowest BCUT2D eigenvalue weighted by molar-refractivity contribution is 0.393. The van der Waals surface area contributed by atoms with Crippen LogP contribution in [0.4, 0.5) is 0 Å². The van der Waals surface area contributed by atoms with Gasteiger partial charge in [0.1, 0.15) is 0 Å². The second-order valence-electron chi connectivity index (χ2n) is 4.39. The van der Waals surface area contributed by atoms with Crippen molar-refractivity contribution in [3.63, 3.8) is 0 Å². The van der Waals surface area contributed by atoms with E-state index in [0.717, 1.165) is 41.8 Å². The zero-order valence-corrected chi connectivity index (χ0v) is 11.4. The molecular weight excluding hydrogens is 296 g/mol. The number of aromatic nitrogens is 3. The quantitative estimate of drug-likeness (QED) is 0.922. The van der Waals surface area contributed by atoms with E-state index in [-0.39, 0.29) is 0 Å². The highest BCUT2D eigenvalue weighted by Gasteiger charge is 2.21. The molecule has 6 heteroatoms. The van der Waals surface area contributed by atoms with E-state index in [0.29, 0.717) is 11.8 Å². The van der Waals surface area contributed by atoms with Gasteiger partial charge in [0.15, 0.2) is 5.82 Å². The van der Waals surface area contributed by atoms with Gasteiger partial charge in [-0.1, -0.05) is 5.16 Å². The van der Waals surface area contributed by atoms with Crippen LogP contribution in [0.1, 0.15) is 24.6 Å². The zero-order valence-electron chi connectivity index (χ0n) is 9.77. The summed E-state index contributed by atoms with van der Waals surface area (Å²) in [4.78, 5) is 8.56. The molecule has 18 heavy (non-hydrogen) atoms. The second-order valence-corrected chi connectivity index (χ2v) is 5.31. The predicted molar refractivity (Wildman–Crippen MR) is 70.1 cm³/mol. The Balaban J connectivity index is 1.84. The van der Waals surface area contributed by atoms with E-state index >= 15 is 0 Å². The van der Waals surface area contributed by atoms with Gasteiger partial charge in [0.25, 0.3) is 5.89 Å². The number of rotatable bonds is 2. The van der Waals surface area contributed by atoms with Crippen molar-refractivity contribution in [2.75, 3.05) is 13.1 Å².